The Morgan fingerprint density at radius 2 is 2.43 bits per heavy atom. The summed E-state index contributed by atoms with van der Waals surface area (Å²) < 4.78 is 0. The van der Waals surface area contributed by atoms with Crippen LogP contribution in [0.15, 0.2) is 18.3 Å². The molecule has 1 aromatic rings. The molecule has 0 unspecified atom stereocenters. The van der Waals surface area contributed by atoms with Gasteiger partial charge in [-0.05, 0) is 32.0 Å². The van der Waals surface area contributed by atoms with Crippen LogP contribution in [0, 0.1) is 6.92 Å². The average molecular weight is 193 g/mol. The third-order valence-corrected chi connectivity index (χ3v) is 1.79. The molecule has 1 rings (SSSR count). The molecular weight excluding hydrogens is 178 g/mol. The third kappa shape index (κ3) is 3.53. The molecule has 1 amide bonds. The van der Waals surface area contributed by atoms with E-state index in [4.69, 9.17) is 5.73 Å². The van der Waals surface area contributed by atoms with Crippen molar-refractivity contribution in [2.45, 2.75) is 19.8 Å². The van der Waals surface area contributed by atoms with Crippen LogP contribution in [0.3, 0.4) is 0 Å². The first-order valence-electron chi connectivity index (χ1n) is 4.65. The van der Waals surface area contributed by atoms with E-state index < -0.39 is 0 Å². The number of pyridine rings is 1. The van der Waals surface area contributed by atoms with Crippen molar-refractivity contribution in [3.05, 3.63) is 24.0 Å². The Bertz CT molecular complexity index is 312. The number of nitrogens with two attached hydrogens (primary N) is 1. The van der Waals surface area contributed by atoms with Gasteiger partial charge in [0.05, 0.1) is 0 Å². The SMILES string of the molecule is Cc1cc(NC(=O)CCCN)ccn1. The fraction of sp³-hybridized carbons (Fsp3) is 0.400. The zero-order chi connectivity index (χ0) is 10.4. The highest BCUT2D eigenvalue weighted by atomic mass is 16.1. The van der Waals surface area contributed by atoms with Gasteiger partial charge in [-0.2, -0.15) is 0 Å². The van der Waals surface area contributed by atoms with Crippen LogP contribution in [-0.2, 0) is 4.79 Å². The van der Waals surface area contributed by atoms with Crippen molar-refractivity contribution >= 4 is 11.6 Å². The monoisotopic (exact) mass is 193 g/mol. The second-order valence-corrected chi connectivity index (χ2v) is 3.13. The van der Waals surface area contributed by atoms with E-state index in [1.165, 1.54) is 0 Å². The van der Waals surface area contributed by atoms with Gasteiger partial charge in [0.1, 0.15) is 0 Å². The fourth-order valence-electron chi connectivity index (χ4n) is 1.11. The number of nitrogens with one attached hydrogen (secondary N) is 1. The lowest BCUT2D eigenvalue weighted by Gasteiger charge is -2.04. The molecule has 1 heterocycles. The molecule has 1 aromatic heterocycles. The van der Waals surface area contributed by atoms with E-state index in [0.29, 0.717) is 13.0 Å². The maximum absolute atomic E-state index is 11.3. The summed E-state index contributed by atoms with van der Waals surface area (Å²) >= 11 is 0. The van der Waals surface area contributed by atoms with Gasteiger partial charge >= 0.3 is 0 Å². The molecule has 0 aliphatic carbocycles. The van der Waals surface area contributed by atoms with Crippen LogP contribution in [-0.4, -0.2) is 17.4 Å². The molecule has 0 fully saturated rings. The van der Waals surface area contributed by atoms with Gasteiger partial charge in [-0.25, -0.2) is 0 Å². The minimum Gasteiger partial charge on any atom is -0.330 e. The summed E-state index contributed by atoms with van der Waals surface area (Å²) in [7, 11) is 0. The zero-order valence-corrected chi connectivity index (χ0v) is 8.29. The van der Waals surface area contributed by atoms with Crippen molar-refractivity contribution < 1.29 is 4.79 Å². The topological polar surface area (TPSA) is 68.0 Å². The molecule has 0 aliphatic heterocycles. The first-order chi connectivity index (χ1) is 6.72. The van der Waals surface area contributed by atoms with Crippen molar-refractivity contribution in [1.29, 1.82) is 0 Å². The summed E-state index contributed by atoms with van der Waals surface area (Å²) in [6, 6.07) is 3.60. The third-order valence-electron chi connectivity index (χ3n) is 1.79. The van der Waals surface area contributed by atoms with Gasteiger partial charge in [0.15, 0.2) is 0 Å². The fourth-order valence-corrected chi connectivity index (χ4v) is 1.11. The van der Waals surface area contributed by atoms with Gasteiger partial charge in [0, 0.05) is 24.0 Å². The summed E-state index contributed by atoms with van der Waals surface area (Å²) in [4.78, 5) is 15.3. The Morgan fingerprint density at radius 1 is 1.64 bits per heavy atom. The van der Waals surface area contributed by atoms with Gasteiger partial charge in [-0.3, -0.25) is 9.78 Å². The van der Waals surface area contributed by atoms with Gasteiger partial charge in [0.2, 0.25) is 5.91 Å². The van der Waals surface area contributed by atoms with Crippen LogP contribution in [0.5, 0.6) is 0 Å². The minimum atomic E-state index is 0.000972. The average Bonchev–Trinajstić information content (AvgIpc) is 2.15. The van der Waals surface area contributed by atoms with Gasteiger partial charge in [-0.1, -0.05) is 0 Å². The molecule has 0 radical (unpaired) electrons. The van der Waals surface area contributed by atoms with Crippen LogP contribution >= 0.6 is 0 Å². The number of hydrogen-bond donors (Lipinski definition) is 2. The summed E-state index contributed by atoms with van der Waals surface area (Å²) in [5.41, 5.74) is 6.99. The number of anilines is 1. The van der Waals surface area contributed by atoms with Crippen molar-refractivity contribution in [1.82, 2.24) is 4.98 Å². The second-order valence-electron chi connectivity index (χ2n) is 3.13. The smallest absolute Gasteiger partial charge is 0.224 e. The number of carbonyl (C=O) groups excluding carboxylic acids is 1. The number of hydrogen-bond acceptors (Lipinski definition) is 3. The standard InChI is InChI=1S/C10H15N3O/c1-8-7-9(4-6-12-8)13-10(14)3-2-5-11/h4,6-7H,2-3,5,11H2,1H3,(H,12,13,14). The van der Waals surface area contributed by atoms with E-state index >= 15 is 0 Å². The Kier molecular flexibility index (Phi) is 4.07. The van der Waals surface area contributed by atoms with E-state index in [-0.39, 0.29) is 5.91 Å². The van der Waals surface area contributed by atoms with Crippen molar-refractivity contribution in [2.75, 3.05) is 11.9 Å². The molecule has 4 heteroatoms. The highest BCUT2D eigenvalue weighted by Gasteiger charge is 2.01. The van der Waals surface area contributed by atoms with Crippen LogP contribution in [0.25, 0.3) is 0 Å². The first-order valence-corrected chi connectivity index (χ1v) is 4.65. The van der Waals surface area contributed by atoms with Gasteiger partial charge in [-0.15, -0.1) is 0 Å². The minimum absolute atomic E-state index is 0.000972. The number of nitrogens with zero attached hydrogens (tertiary/aromatic N) is 1. The van der Waals surface area contributed by atoms with Crippen LogP contribution in [0.2, 0.25) is 0 Å². The van der Waals surface area contributed by atoms with Crippen LogP contribution < -0.4 is 11.1 Å². The molecule has 4 nitrogen and oxygen atoms in total. The lowest BCUT2D eigenvalue weighted by molar-refractivity contribution is -0.116. The Balaban J connectivity index is 2.47. The van der Waals surface area contributed by atoms with Crippen molar-refractivity contribution in [3.63, 3.8) is 0 Å². The maximum Gasteiger partial charge on any atom is 0.224 e. The largest absolute Gasteiger partial charge is 0.330 e. The van der Waals surface area contributed by atoms with Crippen molar-refractivity contribution in [3.8, 4) is 0 Å². The highest BCUT2D eigenvalue weighted by molar-refractivity contribution is 5.90. The highest BCUT2D eigenvalue weighted by Crippen LogP contribution is 2.07. The number of aryl methyl sites for hydroxylation is 1. The Morgan fingerprint density at radius 3 is 3.07 bits per heavy atom. The molecule has 0 aliphatic rings. The lowest BCUT2D eigenvalue weighted by atomic mass is 10.3. The van der Waals surface area contributed by atoms with Gasteiger partial charge < -0.3 is 11.1 Å². The van der Waals surface area contributed by atoms with E-state index in [2.05, 4.69) is 10.3 Å². The molecule has 76 valence electrons. The predicted octanol–water partition coefficient (Wildman–Crippen LogP) is 1.07. The number of amides is 1. The molecule has 0 saturated heterocycles. The normalized spacial score (nSPS) is 9.86. The predicted molar refractivity (Wildman–Crippen MR) is 55.9 cm³/mol. The molecule has 14 heavy (non-hydrogen) atoms. The second kappa shape index (κ2) is 5.34. The summed E-state index contributed by atoms with van der Waals surface area (Å²) in [5.74, 6) is 0.000972. The Labute approximate surface area is 83.5 Å². The van der Waals surface area contributed by atoms with E-state index in [0.717, 1.165) is 17.8 Å². The number of rotatable bonds is 4. The van der Waals surface area contributed by atoms with Gasteiger partial charge in [0.25, 0.3) is 0 Å². The molecule has 0 spiro atoms. The van der Waals surface area contributed by atoms with E-state index in [1.54, 1.807) is 12.3 Å². The van der Waals surface area contributed by atoms with E-state index in [9.17, 15) is 4.79 Å². The summed E-state index contributed by atoms with van der Waals surface area (Å²) in [5, 5.41) is 2.78. The maximum atomic E-state index is 11.3. The molecule has 0 atom stereocenters. The first kappa shape index (κ1) is 10.7. The molecular formula is C10H15N3O. The number of carbonyl (C=O) groups is 1. The number of aromatic nitrogens is 1. The van der Waals surface area contributed by atoms with Crippen LogP contribution in [0.4, 0.5) is 5.69 Å². The lowest BCUT2D eigenvalue weighted by Crippen LogP contribution is -2.13. The molecule has 0 saturated carbocycles. The summed E-state index contributed by atoms with van der Waals surface area (Å²) in [6.45, 7) is 2.43. The zero-order valence-electron chi connectivity index (χ0n) is 8.29. The van der Waals surface area contributed by atoms with Crippen molar-refractivity contribution in [2.24, 2.45) is 5.73 Å². The molecule has 0 bridgehead atoms. The molecule has 3 N–H and O–H groups in total. The quantitative estimate of drug-likeness (QED) is 0.751. The molecule has 0 aromatic carbocycles. The van der Waals surface area contributed by atoms with Crippen LogP contribution in [0.1, 0.15) is 18.5 Å². The Hall–Kier alpha value is -1.42. The van der Waals surface area contributed by atoms with E-state index in [1.807, 2.05) is 13.0 Å². The summed E-state index contributed by atoms with van der Waals surface area (Å²) in [6.07, 6.45) is 2.86.